The van der Waals surface area contributed by atoms with E-state index in [0.717, 1.165) is 18.2 Å². The summed E-state index contributed by atoms with van der Waals surface area (Å²) in [6.07, 6.45) is -3.73. The molecule has 2 aromatic carbocycles. The third kappa shape index (κ3) is 4.61. The van der Waals surface area contributed by atoms with Gasteiger partial charge >= 0.3 is 6.18 Å². The highest BCUT2D eigenvalue weighted by Gasteiger charge is 2.57. The van der Waals surface area contributed by atoms with Gasteiger partial charge in [-0.25, -0.2) is 9.37 Å². The van der Waals surface area contributed by atoms with Crippen LogP contribution < -0.4 is 20.5 Å². The number of H-pyrrole nitrogens is 1. The summed E-state index contributed by atoms with van der Waals surface area (Å²) in [6, 6.07) is 10.0. The van der Waals surface area contributed by atoms with Gasteiger partial charge in [-0.3, -0.25) is 9.59 Å². The number of amides is 2. The van der Waals surface area contributed by atoms with E-state index in [1.807, 2.05) is 0 Å². The number of halogens is 4. The van der Waals surface area contributed by atoms with Gasteiger partial charge in [-0.1, -0.05) is 0 Å². The molecule has 41 heavy (non-hydrogen) atoms. The second kappa shape index (κ2) is 9.77. The number of alkyl halides is 3. The number of ether oxygens (including phenoxy) is 2. The highest BCUT2D eigenvalue weighted by atomic mass is 19.4. The summed E-state index contributed by atoms with van der Waals surface area (Å²) in [5.41, 5.74) is -0.0702. The number of carbonyl (C=O) groups is 2. The van der Waals surface area contributed by atoms with E-state index in [2.05, 4.69) is 15.3 Å². The number of aliphatic hydroxyl groups is 1. The van der Waals surface area contributed by atoms with Crippen LogP contribution in [0.2, 0.25) is 0 Å². The number of nitrogens with two attached hydrogens (primary N) is 1. The molecular weight excluding hydrogens is 548 g/mol. The SMILES string of the molecule is COc1cc(C(=O)NC[C@](O)(c2cc3c(c(-c4ccc(F)cc4)n2)OC[C@]3(C)C(N)=O)C(F)(F)F)cc2cc[nH]c12. The summed E-state index contributed by atoms with van der Waals surface area (Å²) in [5.74, 6) is -2.13. The van der Waals surface area contributed by atoms with Crippen molar-refractivity contribution >= 4 is 22.7 Å². The average Bonchev–Trinajstić information content (AvgIpc) is 3.55. The molecule has 214 valence electrons. The normalized spacial score (nSPS) is 17.9. The monoisotopic (exact) mass is 572 g/mol. The highest BCUT2D eigenvalue weighted by molar-refractivity contribution is 6.00. The van der Waals surface area contributed by atoms with Crippen LogP contribution in [0.3, 0.4) is 0 Å². The van der Waals surface area contributed by atoms with E-state index < -0.39 is 47.1 Å². The van der Waals surface area contributed by atoms with E-state index in [1.54, 1.807) is 12.3 Å². The Balaban J connectivity index is 1.59. The topological polar surface area (TPSA) is 140 Å². The van der Waals surface area contributed by atoms with Crippen molar-refractivity contribution in [3.8, 4) is 22.8 Å². The van der Waals surface area contributed by atoms with Crippen LogP contribution in [0.1, 0.15) is 28.5 Å². The third-order valence-corrected chi connectivity index (χ3v) is 7.24. The van der Waals surface area contributed by atoms with Crippen molar-refractivity contribution in [3.05, 3.63) is 77.4 Å². The molecule has 1 aliphatic rings. The van der Waals surface area contributed by atoms with E-state index >= 15 is 0 Å². The van der Waals surface area contributed by atoms with Crippen LogP contribution in [0.25, 0.3) is 22.2 Å². The van der Waals surface area contributed by atoms with E-state index in [1.165, 1.54) is 38.3 Å². The fourth-order valence-corrected chi connectivity index (χ4v) is 4.68. The third-order valence-electron chi connectivity index (χ3n) is 7.24. The fraction of sp³-hybridized carbons (Fsp3) is 0.250. The van der Waals surface area contributed by atoms with Gasteiger partial charge in [0.2, 0.25) is 11.5 Å². The lowest BCUT2D eigenvalue weighted by molar-refractivity contribution is -0.265. The Morgan fingerprint density at radius 1 is 1.20 bits per heavy atom. The molecule has 13 heteroatoms. The van der Waals surface area contributed by atoms with Gasteiger partial charge in [-0.05, 0) is 55.5 Å². The Morgan fingerprint density at radius 2 is 1.90 bits per heavy atom. The molecule has 9 nitrogen and oxygen atoms in total. The number of methoxy groups -OCH3 is 1. The molecule has 0 unspecified atom stereocenters. The lowest BCUT2D eigenvalue weighted by Crippen LogP contribution is -2.51. The molecule has 0 fully saturated rings. The minimum atomic E-state index is -5.34. The molecule has 0 saturated heterocycles. The number of aromatic amines is 1. The Bertz CT molecular complexity index is 1670. The largest absolute Gasteiger partial charge is 0.495 e. The van der Waals surface area contributed by atoms with Crippen molar-refractivity contribution in [1.82, 2.24) is 15.3 Å². The van der Waals surface area contributed by atoms with Gasteiger partial charge in [0.25, 0.3) is 5.91 Å². The molecule has 0 aliphatic carbocycles. The van der Waals surface area contributed by atoms with Gasteiger partial charge in [0, 0.05) is 28.3 Å². The Kier molecular flexibility index (Phi) is 6.65. The van der Waals surface area contributed by atoms with Crippen LogP contribution in [-0.2, 0) is 15.8 Å². The number of nitrogens with zero attached hydrogens (tertiary/aromatic N) is 1. The van der Waals surface area contributed by atoms with E-state index in [0.29, 0.717) is 16.7 Å². The van der Waals surface area contributed by atoms with E-state index in [4.69, 9.17) is 15.2 Å². The number of hydrogen-bond donors (Lipinski definition) is 4. The lowest BCUT2D eigenvalue weighted by atomic mass is 9.81. The molecule has 0 radical (unpaired) electrons. The molecule has 0 spiro atoms. The molecule has 1 aliphatic heterocycles. The standard InChI is InChI=1S/C28H24F4N4O5/c1-26(25(33)38)13-41-23-18(26)11-20(36-22(23)14-3-5-17(29)6-4-14)27(39,28(30,31)32)12-35-24(37)16-9-15-7-8-34-21(15)19(10-16)40-2/h3-11,34,39H,12-13H2,1-2H3,(H2,33,38)(H,35,37)/t26-,27-/m0/s1. The Morgan fingerprint density at radius 3 is 2.54 bits per heavy atom. The second-order valence-corrected chi connectivity index (χ2v) is 9.89. The number of rotatable bonds is 7. The number of aromatic nitrogens is 2. The van der Waals surface area contributed by atoms with Gasteiger partial charge in [-0.15, -0.1) is 0 Å². The molecule has 2 amide bonds. The van der Waals surface area contributed by atoms with Crippen LogP contribution >= 0.6 is 0 Å². The fourth-order valence-electron chi connectivity index (χ4n) is 4.68. The summed E-state index contributed by atoms with van der Waals surface area (Å²) in [4.78, 5) is 32.4. The number of primary amides is 1. The summed E-state index contributed by atoms with van der Waals surface area (Å²) >= 11 is 0. The van der Waals surface area contributed by atoms with Crippen LogP contribution in [0.15, 0.2) is 54.7 Å². The predicted molar refractivity (Wildman–Crippen MR) is 139 cm³/mol. The zero-order valence-electron chi connectivity index (χ0n) is 21.7. The van der Waals surface area contributed by atoms with Crippen molar-refractivity contribution < 1.29 is 41.7 Å². The van der Waals surface area contributed by atoms with Gasteiger partial charge in [0.05, 0.1) is 24.9 Å². The molecule has 2 atom stereocenters. The summed E-state index contributed by atoms with van der Waals surface area (Å²) in [7, 11) is 1.38. The predicted octanol–water partition coefficient (Wildman–Crippen LogP) is 3.69. The zero-order valence-corrected chi connectivity index (χ0v) is 21.7. The van der Waals surface area contributed by atoms with Crippen molar-refractivity contribution in [3.63, 3.8) is 0 Å². The summed E-state index contributed by atoms with van der Waals surface area (Å²) in [5, 5.41) is 13.9. The minimum absolute atomic E-state index is 0.0120. The first-order valence-corrected chi connectivity index (χ1v) is 12.3. The van der Waals surface area contributed by atoms with E-state index in [9.17, 15) is 32.3 Å². The Hall–Kier alpha value is -4.65. The smallest absolute Gasteiger partial charge is 0.424 e. The van der Waals surface area contributed by atoms with Crippen molar-refractivity contribution in [2.75, 3.05) is 20.3 Å². The number of fused-ring (bicyclic) bond motifs is 2. The zero-order chi connectivity index (χ0) is 29.7. The summed E-state index contributed by atoms with van der Waals surface area (Å²) in [6.45, 7) is -0.231. The minimum Gasteiger partial charge on any atom is -0.495 e. The maximum atomic E-state index is 14.6. The Labute approximate surface area is 230 Å². The van der Waals surface area contributed by atoms with Crippen molar-refractivity contribution in [2.24, 2.45) is 5.73 Å². The molecule has 0 bridgehead atoms. The second-order valence-electron chi connectivity index (χ2n) is 9.89. The van der Waals surface area contributed by atoms with Gasteiger partial charge in [0.15, 0.2) is 0 Å². The first kappa shape index (κ1) is 27.9. The van der Waals surface area contributed by atoms with Crippen molar-refractivity contribution in [1.29, 1.82) is 0 Å². The maximum Gasteiger partial charge on any atom is 0.424 e. The highest BCUT2D eigenvalue weighted by Crippen LogP contribution is 2.47. The van der Waals surface area contributed by atoms with Crippen LogP contribution in [0.5, 0.6) is 11.5 Å². The van der Waals surface area contributed by atoms with Crippen LogP contribution in [-0.4, -0.2) is 53.3 Å². The first-order valence-electron chi connectivity index (χ1n) is 12.3. The first-order chi connectivity index (χ1) is 19.3. The molecule has 3 heterocycles. The quantitative estimate of drug-likeness (QED) is 0.249. The summed E-state index contributed by atoms with van der Waals surface area (Å²) < 4.78 is 68.3. The molecular formula is C28H24F4N4O5. The van der Waals surface area contributed by atoms with Gasteiger partial charge in [0.1, 0.15) is 35.0 Å². The molecule has 0 saturated carbocycles. The van der Waals surface area contributed by atoms with E-state index in [-0.39, 0.29) is 34.7 Å². The molecule has 2 aromatic heterocycles. The van der Waals surface area contributed by atoms with Crippen LogP contribution in [0.4, 0.5) is 17.6 Å². The van der Waals surface area contributed by atoms with Crippen LogP contribution in [0, 0.1) is 5.82 Å². The van der Waals surface area contributed by atoms with Crippen molar-refractivity contribution in [2.45, 2.75) is 24.1 Å². The molecule has 5 N–H and O–H groups in total. The molecule has 5 rings (SSSR count). The molecule has 4 aromatic rings. The van der Waals surface area contributed by atoms with Gasteiger partial charge in [-0.2, -0.15) is 13.2 Å². The number of nitrogens with one attached hydrogen (secondary N) is 2. The lowest BCUT2D eigenvalue weighted by Gasteiger charge is -2.31. The maximum absolute atomic E-state index is 14.6. The number of benzene rings is 2. The number of carbonyl (C=O) groups excluding carboxylic acids is 2. The number of hydrogen-bond acceptors (Lipinski definition) is 6. The average molecular weight is 573 g/mol. The number of pyridine rings is 1. The van der Waals surface area contributed by atoms with Gasteiger partial charge < -0.3 is 30.6 Å².